The predicted molar refractivity (Wildman–Crippen MR) is 68.2 cm³/mol. The van der Waals surface area contributed by atoms with Gasteiger partial charge in [-0.2, -0.15) is 18.2 Å². The number of alkyl halides is 4. The first-order valence-corrected chi connectivity index (χ1v) is 6.51. The van der Waals surface area contributed by atoms with Crippen molar-refractivity contribution in [1.29, 1.82) is 0 Å². The van der Waals surface area contributed by atoms with Crippen LogP contribution in [0.4, 0.5) is 13.2 Å². The molecule has 1 aromatic carbocycles. The van der Waals surface area contributed by atoms with Gasteiger partial charge in [-0.25, -0.2) is 0 Å². The summed E-state index contributed by atoms with van der Waals surface area (Å²) in [5, 5.41) is 3.19. The van der Waals surface area contributed by atoms with E-state index in [2.05, 4.69) is 10.1 Å². The molecule has 0 bridgehead atoms. The van der Waals surface area contributed by atoms with Gasteiger partial charge in [-0.15, -0.1) is 11.6 Å². The van der Waals surface area contributed by atoms with Crippen LogP contribution < -0.4 is 0 Å². The highest BCUT2D eigenvalue weighted by atomic mass is 35.5. The van der Waals surface area contributed by atoms with E-state index in [1.165, 1.54) is 18.2 Å². The topological polar surface area (TPSA) is 38.9 Å². The standard InChI is InChI=1S/C13H12ClF3N2O/c1-2-5-10(14)11-18-12(20-19-11)8-6-3-4-7-9(8)13(15,16)17/h3-4,6-7,10H,2,5H2,1H3. The molecule has 0 spiro atoms. The lowest BCUT2D eigenvalue weighted by molar-refractivity contribution is -0.137. The Morgan fingerprint density at radius 2 is 2.00 bits per heavy atom. The van der Waals surface area contributed by atoms with Crippen molar-refractivity contribution in [2.75, 3.05) is 0 Å². The molecule has 7 heteroatoms. The Morgan fingerprint density at radius 3 is 2.65 bits per heavy atom. The summed E-state index contributed by atoms with van der Waals surface area (Å²) in [5.74, 6) is 0.0372. The monoisotopic (exact) mass is 304 g/mol. The Morgan fingerprint density at radius 1 is 1.30 bits per heavy atom. The molecule has 2 rings (SSSR count). The van der Waals surface area contributed by atoms with Crippen LogP contribution in [0.15, 0.2) is 28.8 Å². The second-order valence-corrected chi connectivity index (χ2v) is 4.78. The molecule has 0 radical (unpaired) electrons. The normalized spacial score (nSPS) is 13.4. The highest BCUT2D eigenvalue weighted by molar-refractivity contribution is 6.20. The summed E-state index contributed by atoms with van der Waals surface area (Å²) in [7, 11) is 0. The maximum absolute atomic E-state index is 12.9. The van der Waals surface area contributed by atoms with Crippen molar-refractivity contribution in [3.05, 3.63) is 35.7 Å². The molecule has 0 amide bonds. The zero-order chi connectivity index (χ0) is 14.8. The van der Waals surface area contributed by atoms with Gasteiger partial charge in [-0.1, -0.05) is 30.6 Å². The largest absolute Gasteiger partial charge is 0.417 e. The van der Waals surface area contributed by atoms with Crippen molar-refractivity contribution in [2.45, 2.75) is 31.3 Å². The van der Waals surface area contributed by atoms with Crippen LogP contribution in [0.5, 0.6) is 0 Å². The third-order valence-corrected chi connectivity index (χ3v) is 3.14. The minimum Gasteiger partial charge on any atom is -0.334 e. The molecule has 20 heavy (non-hydrogen) atoms. The maximum atomic E-state index is 12.9. The lowest BCUT2D eigenvalue weighted by Crippen LogP contribution is -2.07. The van der Waals surface area contributed by atoms with Gasteiger partial charge in [0.25, 0.3) is 5.89 Å². The molecule has 3 nitrogen and oxygen atoms in total. The first kappa shape index (κ1) is 14.8. The van der Waals surface area contributed by atoms with Crippen molar-refractivity contribution in [1.82, 2.24) is 10.1 Å². The average Bonchev–Trinajstić information content (AvgIpc) is 2.87. The van der Waals surface area contributed by atoms with Gasteiger partial charge in [0.1, 0.15) is 0 Å². The van der Waals surface area contributed by atoms with Crippen molar-refractivity contribution < 1.29 is 17.7 Å². The minimum atomic E-state index is -4.48. The lowest BCUT2D eigenvalue weighted by atomic mass is 10.1. The molecule has 1 heterocycles. The molecule has 1 atom stereocenters. The van der Waals surface area contributed by atoms with Crippen molar-refractivity contribution in [3.8, 4) is 11.5 Å². The summed E-state index contributed by atoms with van der Waals surface area (Å²) >= 11 is 6.03. The Kier molecular flexibility index (Phi) is 4.32. The average molecular weight is 305 g/mol. The summed E-state index contributed by atoms with van der Waals surface area (Å²) in [6.45, 7) is 1.94. The molecule has 108 valence electrons. The fourth-order valence-electron chi connectivity index (χ4n) is 1.77. The van der Waals surface area contributed by atoms with Crippen LogP contribution in [0.3, 0.4) is 0 Å². The van der Waals surface area contributed by atoms with Gasteiger partial charge >= 0.3 is 6.18 Å². The van der Waals surface area contributed by atoms with Gasteiger partial charge < -0.3 is 4.52 Å². The summed E-state index contributed by atoms with van der Waals surface area (Å²) in [5.41, 5.74) is -0.948. The lowest BCUT2D eigenvalue weighted by Gasteiger charge is -2.09. The van der Waals surface area contributed by atoms with E-state index >= 15 is 0 Å². The Hall–Kier alpha value is -1.56. The van der Waals surface area contributed by atoms with Gasteiger partial charge in [-0.3, -0.25) is 0 Å². The molecule has 0 fully saturated rings. The van der Waals surface area contributed by atoms with Crippen molar-refractivity contribution >= 4 is 11.6 Å². The maximum Gasteiger partial charge on any atom is 0.417 e. The van der Waals surface area contributed by atoms with Crippen molar-refractivity contribution in [2.24, 2.45) is 0 Å². The summed E-state index contributed by atoms with van der Waals surface area (Å²) in [4.78, 5) is 3.96. The minimum absolute atomic E-state index is 0.140. The number of hydrogen-bond acceptors (Lipinski definition) is 3. The predicted octanol–water partition coefficient (Wildman–Crippen LogP) is 4.84. The number of benzene rings is 1. The molecule has 0 aliphatic heterocycles. The molecular formula is C13H12ClF3N2O. The molecule has 0 aliphatic rings. The number of rotatable bonds is 4. The van der Waals surface area contributed by atoms with Gasteiger partial charge in [0, 0.05) is 0 Å². The number of hydrogen-bond donors (Lipinski definition) is 0. The molecular weight excluding hydrogens is 293 g/mol. The van der Waals surface area contributed by atoms with Crippen LogP contribution in [-0.2, 0) is 6.18 Å². The van der Waals surface area contributed by atoms with Crippen LogP contribution in [0.1, 0.15) is 36.5 Å². The molecule has 0 aliphatic carbocycles. The molecule has 0 saturated heterocycles. The van der Waals surface area contributed by atoms with Gasteiger partial charge in [-0.05, 0) is 18.6 Å². The Labute approximate surface area is 118 Å². The Bertz CT molecular complexity index is 583. The fourth-order valence-corrected chi connectivity index (χ4v) is 2.08. The smallest absolute Gasteiger partial charge is 0.334 e. The van der Waals surface area contributed by atoms with E-state index < -0.39 is 17.1 Å². The van der Waals surface area contributed by atoms with E-state index in [9.17, 15) is 13.2 Å². The number of aromatic nitrogens is 2. The highest BCUT2D eigenvalue weighted by Gasteiger charge is 2.35. The van der Waals surface area contributed by atoms with Crippen LogP contribution in [0, 0.1) is 0 Å². The SMILES string of the molecule is CCCC(Cl)c1noc(-c2ccccc2C(F)(F)F)n1. The van der Waals surface area contributed by atoms with E-state index in [0.717, 1.165) is 12.5 Å². The van der Waals surface area contributed by atoms with Gasteiger partial charge in [0.15, 0.2) is 5.82 Å². The second-order valence-electron chi connectivity index (χ2n) is 4.26. The summed E-state index contributed by atoms with van der Waals surface area (Å²) < 4.78 is 43.6. The summed E-state index contributed by atoms with van der Waals surface area (Å²) in [6.07, 6.45) is -3.03. The third-order valence-electron chi connectivity index (χ3n) is 2.73. The quantitative estimate of drug-likeness (QED) is 0.759. The molecule has 0 N–H and O–H groups in total. The zero-order valence-corrected chi connectivity index (χ0v) is 11.4. The van der Waals surface area contributed by atoms with Crippen LogP contribution in [0.25, 0.3) is 11.5 Å². The molecule has 0 saturated carbocycles. The molecule has 1 aromatic heterocycles. The van der Waals surface area contributed by atoms with Crippen LogP contribution in [0.2, 0.25) is 0 Å². The van der Waals surface area contributed by atoms with E-state index in [-0.39, 0.29) is 17.3 Å². The third kappa shape index (κ3) is 3.12. The van der Waals surface area contributed by atoms with E-state index in [1.807, 2.05) is 6.92 Å². The molecule has 2 aromatic rings. The van der Waals surface area contributed by atoms with Crippen LogP contribution in [-0.4, -0.2) is 10.1 Å². The molecule has 1 unspecified atom stereocenters. The first-order valence-electron chi connectivity index (χ1n) is 6.07. The Balaban J connectivity index is 2.38. The van der Waals surface area contributed by atoms with E-state index in [1.54, 1.807) is 0 Å². The van der Waals surface area contributed by atoms with Gasteiger partial charge in [0.05, 0.1) is 16.5 Å². The van der Waals surface area contributed by atoms with Gasteiger partial charge in [0.2, 0.25) is 0 Å². The fraction of sp³-hybridized carbons (Fsp3) is 0.385. The second kappa shape index (κ2) is 5.83. The zero-order valence-electron chi connectivity index (χ0n) is 10.6. The first-order chi connectivity index (χ1) is 9.43. The highest BCUT2D eigenvalue weighted by Crippen LogP contribution is 2.36. The van der Waals surface area contributed by atoms with E-state index in [0.29, 0.717) is 6.42 Å². The number of nitrogens with zero attached hydrogens (tertiary/aromatic N) is 2. The summed E-state index contributed by atoms with van der Waals surface area (Å²) in [6, 6.07) is 5.07. The van der Waals surface area contributed by atoms with Crippen LogP contribution >= 0.6 is 11.6 Å². The number of halogens is 4. The van der Waals surface area contributed by atoms with Crippen molar-refractivity contribution in [3.63, 3.8) is 0 Å². The van der Waals surface area contributed by atoms with E-state index in [4.69, 9.17) is 16.1 Å².